The maximum absolute atomic E-state index is 9.89. The molecule has 74 valence electrons. The minimum Gasteiger partial charge on any atom is -0.211 e. The Balaban J connectivity index is 2.54. The highest BCUT2D eigenvalue weighted by atomic mass is 16.1. The highest BCUT2D eigenvalue weighted by Crippen LogP contribution is 2.08. The zero-order chi connectivity index (χ0) is 10.2. The van der Waals surface area contributed by atoms with E-state index in [2.05, 4.69) is 24.0 Å². The van der Waals surface area contributed by atoms with E-state index in [1.54, 1.807) is 6.08 Å². The lowest BCUT2D eigenvalue weighted by atomic mass is 10.1. The summed E-state index contributed by atoms with van der Waals surface area (Å²) in [6, 6.07) is 8.24. The van der Waals surface area contributed by atoms with Crippen molar-refractivity contribution in [2.75, 3.05) is 0 Å². The molecule has 0 aliphatic rings. The van der Waals surface area contributed by atoms with E-state index in [4.69, 9.17) is 0 Å². The van der Waals surface area contributed by atoms with E-state index < -0.39 is 0 Å². The molecule has 1 rings (SSSR count). The first-order valence-electron chi connectivity index (χ1n) is 4.98. The normalized spacial score (nSPS) is 9.50. The van der Waals surface area contributed by atoms with Gasteiger partial charge in [0, 0.05) is 0 Å². The third-order valence-corrected chi connectivity index (χ3v) is 2.17. The molecule has 0 aliphatic heterocycles. The summed E-state index contributed by atoms with van der Waals surface area (Å²) < 4.78 is 0. The topological polar surface area (TPSA) is 29.4 Å². The number of carbonyl (C=O) groups excluding carboxylic acids is 1. The van der Waals surface area contributed by atoms with E-state index >= 15 is 0 Å². The number of aryl methyl sites for hydroxylation is 1. The second-order valence-electron chi connectivity index (χ2n) is 3.33. The predicted octanol–water partition coefficient (Wildman–Crippen LogP) is 2.87. The molecule has 0 aromatic heterocycles. The first-order chi connectivity index (χ1) is 6.86. The second kappa shape index (κ2) is 6.11. The van der Waals surface area contributed by atoms with Crippen molar-refractivity contribution in [1.29, 1.82) is 0 Å². The molecule has 0 fully saturated rings. The molecule has 2 nitrogen and oxygen atoms in total. The van der Waals surface area contributed by atoms with Crippen molar-refractivity contribution in [2.24, 2.45) is 4.99 Å². The predicted molar refractivity (Wildman–Crippen MR) is 56.9 cm³/mol. The summed E-state index contributed by atoms with van der Waals surface area (Å²) in [6.07, 6.45) is 5.12. The van der Waals surface area contributed by atoms with Crippen molar-refractivity contribution in [3.8, 4) is 0 Å². The van der Waals surface area contributed by atoms with Crippen LogP contribution in [0.25, 0.3) is 0 Å². The summed E-state index contributed by atoms with van der Waals surface area (Å²) in [4.78, 5) is 13.4. The van der Waals surface area contributed by atoms with Crippen molar-refractivity contribution in [1.82, 2.24) is 0 Å². The summed E-state index contributed by atoms with van der Waals surface area (Å²) >= 11 is 0. The molecular weight excluding hydrogens is 174 g/mol. The summed E-state index contributed by atoms with van der Waals surface area (Å²) in [6.45, 7) is 2.63. The summed E-state index contributed by atoms with van der Waals surface area (Å²) in [7, 11) is 0. The lowest BCUT2D eigenvalue weighted by Crippen LogP contribution is -1.86. The van der Waals surface area contributed by atoms with Gasteiger partial charge in [-0.15, -0.1) is 0 Å². The first-order valence-corrected chi connectivity index (χ1v) is 4.98. The molecule has 14 heavy (non-hydrogen) atoms. The highest BCUT2D eigenvalue weighted by Gasteiger charge is 1.93. The molecule has 0 amide bonds. The van der Waals surface area contributed by atoms with Crippen LogP contribution < -0.4 is 0 Å². The molecule has 0 heterocycles. The third kappa shape index (κ3) is 3.55. The fourth-order valence-corrected chi connectivity index (χ4v) is 1.32. The fourth-order valence-electron chi connectivity index (χ4n) is 1.32. The Morgan fingerprint density at radius 1 is 1.21 bits per heavy atom. The molecule has 0 aliphatic carbocycles. The maximum atomic E-state index is 9.89. The van der Waals surface area contributed by atoms with Gasteiger partial charge in [-0.25, -0.2) is 9.79 Å². The van der Waals surface area contributed by atoms with Crippen LogP contribution in [0.4, 0.5) is 0 Å². The van der Waals surface area contributed by atoms with Crippen LogP contribution in [0.3, 0.4) is 0 Å². The van der Waals surface area contributed by atoms with E-state index in [9.17, 15) is 4.79 Å². The third-order valence-electron chi connectivity index (χ3n) is 2.17. The molecular formula is C12H15NO. The number of unbranched alkanes of at least 4 members (excludes halogenated alkanes) is 1. The minimum atomic E-state index is 0.442. The van der Waals surface area contributed by atoms with Crippen molar-refractivity contribution in [2.45, 2.75) is 32.7 Å². The lowest BCUT2D eigenvalue weighted by molar-refractivity contribution is 0.563. The average Bonchev–Trinajstić information content (AvgIpc) is 2.25. The summed E-state index contributed by atoms with van der Waals surface area (Å²) in [5.41, 5.74) is 2.42. The Labute approximate surface area is 84.7 Å². The largest absolute Gasteiger partial charge is 0.235 e. The van der Waals surface area contributed by atoms with Gasteiger partial charge >= 0.3 is 0 Å². The van der Waals surface area contributed by atoms with Crippen molar-refractivity contribution < 1.29 is 4.79 Å². The summed E-state index contributed by atoms with van der Waals surface area (Å²) in [5.74, 6) is 0. The van der Waals surface area contributed by atoms with Crippen molar-refractivity contribution >= 4 is 6.08 Å². The van der Waals surface area contributed by atoms with E-state index in [0.717, 1.165) is 12.0 Å². The zero-order valence-corrected chi connectivity index (χ0v) is 8.49. The van der Waals surface area contributed by atoms with E-state index in [1.807, 2.05) is 12.1 Å². The van der Waals surface area contributed by atoms with Gasteiger partial charge in [0.15, 0.2) is 0 Å². The smallest absolute Gasteiger partial charge is 0.211 e. The molecule has 0 bridgehead atoms. The lowest BCUT2D eigenvalue weighted by Gasteiger charge is -2.00. The fraction of sp³-hybridized carbons (Fsp3) is 0.417. The molecule has 0 N–H and O–H groups in total. The second-order valence-corrected chi connectivity index (χ2v) is 3.33. The Bertz CT molecular complexity index is 310. The van der Waals surface area contributed by atoms with E-state index in [0.29, 0.717) is 6.54 Å². The van der Waals surface area contributed by atoms with Gasteiger partial charge in [0.2, 0.25) is 6.08 Å². The van der Waals surface area contributed by atoms with E-state index in [1.165, 1.54) is 18.4 Å². The quantitative estimate of drug-likeness (QED) is 0.517. The van der Waals surface area contributed by atoms with Gasteiger partial charge in [0.1, 0.15) is 0 Å². The van der Waals surface area contributed by atoms with Crippen LogP contribution in [0, 0.1) is 0 Å². The van der Waals surface area contributed by atoms with Crippen LogP contribution in [0.5, 0.6) is 0 Å². The number of isocyanates is 1. The van der Waals surface area contributed by atoms with Gasteiger partial charge in [0.05, 0.1) is 6.54 Å². The number of hydrogen-bond donors (Lipinski definition) is 0. The number of hydrogen-bond acceptors (Lipinski definition) is 2. The van der Waals surface area contributed by atoms with Crippen LogP contribution >= 0.6 is 0 Å². The number of rotatable bonds is 5. The molecule has 0 radical (unpaired) electrons. The average molecular weight is 189 g/mol. The first kappa shape index (κ1) is 10.7. The van der Waals surface area contributed by atoms with Gasteiger partial charge in [-0.05, 0) is 24.0 Å². The van der Waals surface area contributed by atoms with Crippen LogP contribution in [0.1, 0.15) is 30.9 Å². The van der Waals surface area contributed by atoms with Crippen LogP contribution in [-0.4, -0.2) is 6.08 Å². The molecule has 1 aromatic carbocycles. The Hall–Kier alpha value is -1.40. The zero-order valence-electron chi connectivity index (χ0n) is 8.49. The van der Waals surface area contributed by atoms with Crippen molar-refractivity contribution in [3.05, 3.63) is 35.4 Å². The molecule has 2 heteroatoms. The molecule has 0 saturated heterocycles. The van der Waals surface area contributed by atoms with Crippen molar-refractivity contribution in [3.63, 3.8) is 0 Å². The number of benzene rings is 1. The Morgan fingerprint density at radius 3 is 2.43 bits per heavy atom. The van der Waals surface area contributed by atoms with Gasteiger partial charge in [-0.3, -0.25) is 0 Å². The van der Waals surface area contributed by atoms with Gasteiger partial charge < -0.3 is 0 Å². The molecule has 0 saturated carbocycles. The monoisotopic (exact) mass is 189 g/mol. The van der Waals surface area contributed by atoms with Gasteiger partial charge in [-0.1, -0.05) is 37.6 Å². The van der Waals surface area contributed by atoms with Gasteiger partial charge in [-0.2, -0.15) is 0 Å². The molecule has 1 aromatic rings. The highest BCUT2D eigenvalue weighted by molar-refractivity contribution is 5.34. The number of aliphatic imine (C=N–C) groups is 1. The molecule has 0 unspecified atom stereocenters. The Kier molecular flexibility index (Phi) is 4.66. The SMILES string of the molecule is CCCCc1ccc(CN=C=O)cc1. The van der Waals surface area contributed by atoms with Crippen LogP contribution in [0.2, 0.25) is 0 Å². The standard InChI is InChI=1S/C12H15NO/c1-2-3-4-11-5-7-12(8-6-11)9-13-10-14/h5-8H,2-4,9H2,1H3. The Morgan fingerprint density at radius 2 is 1.86 bits per heavy atom. The van der Waals surface area contributed by atoms with Crippen LogP contribution in [0.15, 0.2) is 29.3 Å². The maximum Gasteiger partial charge on any atom is 0.235 e. The molecule has 0 atom stereocenters. The minimum absolute atomic E-state index is 0.442. The van der Waals surface area contributed by atoms with E-state index in [-0.39, 0.29) is 0 Å². The van der Waals surface area contributed by atoms with Gasteiger partial charge in [0.25, 0.3) is 0 Å². The van der Waals surface area contributed by atoms with Crippen LogP contribution in [-0.2, 0) is 17.8 Å². The molecule has 0 spiro atoms. The summed E-state index contributed by atoms with van der Waals surface area (Å²) in [5, 5.41) is 0. The number of nitrogens with zero attached hydrogens (tertiary/aromatic N) is 1.